The molecule has 4 heteroatoms. The maximum atomic E-state index is 9.43. The van der Waals surface area contributed by atoms with E-state index in [1.807, 2.05) is 49.5 Å². The van der Waals surface area contributed by atoms with Gasteiger partial charge in [0.2, 0.25) is 0 Å². The van der Waals surface area contributed by atoms with Crippen molar-refractivity contribution in [3.05, 3.63) is 63.1 Å². The Morgan fingerprint density at radius 1 is 1.21 bits per heavy atom. The molecule has 100 valence electrons. The van der Waals surface area contributed by atoms with Gasteiger partial charge in [-0.25, -0.2) is 0 Å². The molecule has 0 amide bonds. The van der Waals surface area contributed by atoms with Crippen LogP contribution in [-0.4, -0.2) is 12.2 Å². The second-order valence-corrected chi connectivity index (χ2v) is 5.77. The highest BCUT2D eigenvalue weighted by molar-refractivity contribution is 9.10. The predicted octanol–water partition coefficient (Wildman–Crippen LogP) is 4.23. The number of rotatable bonds is 4. The molecule has 2 aromatic carbocycles. The Bertz CT molecular complexity index is 574. The molecule has 0 radical (unpaired) electrons. The Morgan fingerprint density at radius 3 is 2.68 bits per heavy atom. The van der Waals surface area contributed by atoms with Crippen molar-refractivity contribution in [3.63, 3.8) is 0 Å². The van der Waals surface area contributed by atoms with Crippen LogP contribution in [0.4, 0.5) is 5.69 Å². The van der Waals surface area contributed by atoms with E-state index in [1.54, 1.807) is 0 Å². The molecule has 2 nitrogen and oxygen atoms in total. The standard InChI is InChI=1S/C15H15BrClNO/c1-18(9-11-3-2-4-14(17)7-11)15-6-5-13(16)8-12(15)10-19/h2-8,19H,9-10H2,1H3. The number of aliphatic hydroxyl groups is 1. The highest BCUT2D eigenvalue weighted by atomic mass is 79.9. The molecule has 0 aliphatic rings. The van der Waals surface area contributed by atoms with Crippen LogP contribution in [0, 0.1) is 0 Å². The molecular weight excluding hydrogens is 326 g/mol. The summed E-state index contributed by atoms with van der Waals surface area (Å²) in [6.07, 6.45) is 0. The first-order valence-corrected chi connectivity index (χ1v) is 7.12. The first-order chi connectivity index (χ1) is 9.10. The zero-order chi connectivity index (χ0) is 13.8. The number of hydrogen-bond acceptors (Lipinski definition) is 2. The number of benzene rings is 2. The van der Waals surface area contributed by atoms with E-state index in [1.165, 1.54) is 0 Å². The second-order valence-electron chi connectivity index (χ2n) is 4.42. The molecule has 0 aliphatic carbocycles. The summed E-state index contributed by atoms with van der Waals surface area (Å²) >= 11 is 9.40. The Labute approximate surface area is 126 Å². The van der Waals surface area contributed by atoms with Gasteiger partial charge in [0.1, 0.15) is 0 Å². The third-order valence-electron chi connectivity index (χ3n) is 2.93. The van der Waals surface area contributed by atoms with Crippen molar-refractivity contribution < 1.29 is 5.11 Å². The monoisotopic (exact) mass is 339 g/mol. The van der Waals surface area contributed by atoms with Gasteiger partial charge in [-0.2, -0.15) is 0 Å². The number of halogens is 2. The van der Waals surface area contributed by atoms with E-state index in [0.717, 1.165) is 32.9 Å². The summed E-state index contributed by atoms with van der Waals surface area (Å²) in [4.78, 5) is 2.10. The Kier molecular flexibility index (Phi) is 4.86. The second kappa shape index (κ2) is 6.42. The molecule has 2 aromatic rings. The van der Waals surface area contributed by atoms with Gasteiger partial charge in [-0.1, -0.05) is 39.7 Å². The molecule has 0 bridgehead atoms. The SMILES string of the molecule is CN(Cc1cccc(Cl)c1)c1ccc(Br)cc1CO. The molecule has 1 N–H and O–H groups in total. The van der Waals surface area contributed by atoms with Gasteiger partial charge in [-0.05, 0) is 35.9 Å². The summed E-state index contributed by atoms with van der Waals surface area (Å²) in [5, 5.41) is 10.2. The summed E-state index contributed by atoms with van der Waals surface area (Å²) in [5.74, 6) is 0. The summed E-state index contributed by atoms with van der Waals surface area (Å²) in [6.45, 7) is 0.768. The van der Waals surface area contributed by atoms with Gasteiger partial charge in [0.15, 0.2) is 0 Å². The number of nitrogens with zero attached hydrogens (tertiary/aromatic N) is 1. The van der Waals surface area contributed by atoms with Crippen molar-refractivity contribution >= 4 is 33.2 Å². The lowest BCUT2D eigenvalue weighted by molar-refractivity contribution is 0.282. The van der Waals surface area contributed by atoms with Crippen molar-refractivity contribution in [1.82, 2.24) is 0 Å². The molecule has 0 aromatic heterocycles. The van der Waals surface area contributed by atoms with Crippen LogP contribution in [0.5, 0.6) is 0 Å². The summed E-state index contributed by atoms with van der Waals surface area (Å²) < 4.78 is 0.969. The first-order valence-electron chi connectivity index (χ1n) is 5.95. The molecule has 0 atom stereocenters. The molecule has 0 aliphatic heterocycles. The van der Waals surface area contributed by atoms with E-state index >= 15 is 0 Å². The quantitative estimate of drug-likeness (QED) is 0.900. The van der Waals surface area contributed by atoms with Crippen LogP contribution in [0.3, 0.4) is 0 Å². The van der Waals surface area contributed by atoms with Gasteiger partial charge in [0.05, 0.1) is 6.61 Å². The van der Waals surface area contributed by atoms with Gasteiger partial charge >= 0.3 is 0 Å². The fourth-order valence-electron chi connectivity index (χ4n) is 2.05. The minimum Gasteiger partial charge on any atom is -0.392 e. The van der Waals surface area contributed by atoms with Gasteiger partial charge in [-0.3, -0.25) is 0 Å². The van der Waals surface area contributed by atoms with Gasteiger partial charge in [0, 0.05) is 34.3 Å². The predicted molar refractivity (Wildman–Crippen MR) is 83.6 cm³/mol. The third kappa shape index (κ3) is 3.72. The van der Waals surface area contributed by atoms with Crippen LogP contribution in [-0.2, 0) is 13.2 Å². The number of aliphatic hydroxyl groups excluding tert-OH is 1. The van der Waals surface area contributed by atoms with E-state index < -0.39 is 0 Å². The average Bonchev–Trinajstić information content (AvgIpc) is 2.38. The van der Waals surface area contributed by atoms with Crippen molar-refractivity contribution in [3.8, 4) is 0 Å². The maximum Gasteiger partial charge on any atom is 0.0702 e. The topological polar surface area (TPSA) is 23.5 Å². The smallest absolute Gasteiger partial charge is 0.0702 e. The Balaban J connectivity index is 2.22. The molecule has 19 heavy (non-hydrogen) atoms. The number of anilines is 1. The zero-order valence-corrected chi connectivity index (χ0v) is 12.9. The molecule has 0 fully saturated rings. The Hall–Kier alpha value is -1.03. The van der Waals surface area contributed by atoms with Crippen LogP contribution in [0.15, 0.2) is 46.9 Å². The Morgan fingerprint density at radius 2 is 2.00 bits per heavy atom. The fraction of sp³-hybridized carbons (Fsp3) is 0.200. The van der Waals surface area contributed by atoms with Crippen LogP contribution in [0.2, 0.25) is 5.02 Å². The van der Waals surface area contributed by atoms with E-state index in [-0.39, 0.29) is 6.61 Å². The van der Waals surface area contributed by atoms with Gasteiger partial charge in [0.25, 0.3) is 0 Å². The minimum atomic E-state index is 0.0225. The number of hydrogen-bond donors (Lipinski definition) is 1. The van der Waals surface area contributed by atoms with Crippen molar-refractivity contribution in [2.75, 3.05) is 11.9 Å². The fourth-order valence-corrected chi connectivity index (χ4v) is 2.67. The molecule has 0 saturated heterocycles. The van der Waals surface area contributed by atoms with E-state index in [9.17, 15) is 5.11 Å². The van der Waals surface area contributed by atoms with E-state index in [2.05, 4.69) is 20.8 Å². The summed E-state index contributed by atoms with van der Waals surface area (Å²) in [7, 11) is 2.00. The molecule has 0 saturated carbocycles. The lowest BCUT2D eigenvalue weighted by Crippen LogP contribution is -2.18. The lowest BCUT2D eigenvalue weighted by Gasteiger charge is -2.22. The molecule has 0 heterocycles. The first kappa shape index (κ1) is 14.4. The van der Waals surface area contributed by atoms with Gasteiger partial charge in [-0.15, -0.1) is 0 Å². The molecular formula is C15H15BrClNO. The van der Waals surface area contributed by atoms with E-state index in [0.29, 0.717) is 0 Å². The summed E-state index contributed by atoms with van der Waals surface area (Å²) in [6, 6.07) is 13.7. The molecule has 0 spiro atoms. The lowest BCUT2D eigenvalue weighted by atomic mass is 10.1. The van der Waals surface area contributed by atoms with Crippen LogP contribution in [0.25, 0.3) is 0 Å². The van der Waals surface area contributed by atoms with Crippen LogP contribution < -0.4 is 4.90 Å². The van der Waals surface area contributed by atoms with Crippen molar-refractivity contribution in [2.45, 2.75) is 13.2 Å². The van der Waals surface area contributed by atoms with E-state index in [4.69, 9.17) is 11.6 Å². The zero-order valence-electron chi connectivity index (χ0n) is 10.6. The molecule has 2 rings (SSSR count). The third-order valence-corrected chi connectivity index (χ3v) is 3.66. The largest absolute Gasteiger partial charge is 0.392 e. The highest BCUT2D eigenvalue weighted by Crippen LogP contribution is 2.25. The minimum absolute atomic E-state index is 0.0225. The molecule has 0 unspecified atom stereocenters. The van der Waals surface area contributed by atoms with Crippen molar-refractivity contribution in [2.24, 2.45) is 0 Å². The average molecular weight is 341 g/mol. The van der Waals surface area contributed by atoms with Gasteiger partial charge < -0.3 is 10.0 Å². The van der Waals surface area contributed by atoms with Crippen LogP contribution >= 0.6 is 27.5 Å². The maximum absolute atomic E-state index is 9.43. The normalized spacial score (nSPS) is 10.5. The van der Waals surface area contributed by atoms with Crippen molar-refractivity contribution in [1.29, 1.82) is 0 Å². The van der Waals surface area contributed by atoms with Crippen LogP contribution in [0.1, 0.15) is 11.1 Å². The highest BCUT2D eigenvalue weighted by Gasteiger charge is 2.08. The summed E-state index contributed by atoms with van der Waals surface area (Å²) in [5.41, 5.74) is 3.06.